The summed E-state index contributed by atoms with van der Waals surface area (Å²) in [6.07, 6.45) is -28.7. The molecule has 1 atom stereocenters. The molecule has 0 aromatic heterocycles. The third kappa shape index (κ3) is 5.96. The highest BCUT2D eigenvalue weighted by Crippen LogP contribution is 2.59. The average Bonchev–Trinajstić information content (AvgIpc) is 2.52. The molecule has 0 fully saturated rings. The molecule has 0 aromatic rings. The molecule has 0 radical (unpaired) electrons. The topological polar surface area (TPSA) is 35.5 Å². The Hall–Kier alpha value is -2.23. The molecule has 0 N–H and O–H groups in total. The maximum atomic E-state index is 14.3. The monoisotopic (exact) mass is 506 g/mol. The fraction of sp³-hybridized carbons (Fsp3) is 0.667. The Morgan fingerprint density at radius 3 is 1.38 bits per heavy atom. The Labute approximate surface area is 169 Å². The number of hydrogen-bond acceptors (Lipinski definition) is 3. The van der Waals surface area contributed by atoms with E-state index in [0.717, 1.165) is 6.92 Å². The molecule has 1 unspecified atom stereocenters. The summed E-state index contributed by atoms with van der Waals surface area (Å²) in [7, 11) is 0. The molecule has 0 heterocycles. The zero-order chi connectivity index (χ0) is 26.1. The van der Waals surface area contributed by atoms with Crippen molar-refractivity contribution in [1.29, 1.82) is 0 Å². The SMILES string of the molecule is C=C(C)C(=O)OCCO/C(=C(\C(C)(F)C(F)(F)F)C(F)(C(F)(F)F)C(F)(F)F)C(F)(F)F. The molecule has 0 bridgehead atoms. The fourth-order valence-electron chi connectivity index (χ4n) is 1.98. The van der Waals surface area contributed by atoms with Crippen molar-refractivity contribution in [3.63, 3.8) is 0 Å². The molecule has 0 saturated carbocycles. The van der Waals surface area contributed by atoms with E-state index in [-0.39, 0.29) is 5.57 Å². The zero-order valence-corrected chi connectivity index (χ0v) is 15.6. The van der Waals surface area contributed by atoms with Gasteiger partial charge in [-0.05, 0) is 13.8 Å². The first-order valence-electron chi connectivity index (χ1n) is 7.69. The van der Waals surface area contributed by atoms with E-state index in [4.69, 9.17) is 0 Å². The Balaban J connectivity index is 7.07. The van der Waals surface area contributed by atoms with Gasteiger partial charge in [0.2, 0.25) is 11.4 Å². The van der Waals surface area contributed by atoms with Crippen molar-refractivity contribution in [1.82, 2.24) is 0 Å². The number of ether oxygens (including phenoxy) is 2. The van der Waals surface area contributed by atoms with Gasteiger partial charge >= 0.3 is 36.3 Å². The number of alkyl halides is 14. The van der Waals surface area contributed by atoms with Crippen molar-refractivity contribution < 1.29 is 75.7 Å². The molecule has 32 heavy (non-hydrogen) atoms. The summed E-state index contributed by atoms with van der Waals surface area (Å²) in [5.74, 6) is -5.24. The van der Waals surface area contributed by atoms with E-state index < -0.39 is 73.5 Å². The fourth-order valence-corrected chi connectivity index (χ4v) is 1.98. The minimum absolute atomic E-state index is 0.386. The number of allylic oxidation sites excluding steroid dienone is 2. The number of halogens is 14. The molecule has 0 aliphatic rings. The van der Waals surface area contributed by atoms with Crippen LogP contribution in [0.4, 0.5) is 61.5 Å². The predicted molar refractivity (Wildman–Crippen MR) is 76.3 cm³/mol. The summed E-state index contributed by atoms with van der Waals surface area (Å²) < 4.78 is 192. The van der Waals surface area contributed by atoms with Gasteiger partial charge in [0.15, 0.2) is 0 Å². The number of hydrogen-bond donors (Lipinski definition) is 0. The largest absolute Gasteiger partial charge is 0.485 e. The summed E-state index contributed by atoms with van der Waals surface area (Å²) in [4.78, 5) is 11.1. The third-order valence-electron chi connectivity index (χ3n) is 3.52. The third-order valence-corrected chi connectivity index (χ3v) is 3.52. The van der Waals surface area contributed by atoms with E-state index in [2.05, 4.69) is 16.1 Å². The van der Waals surface area contributed by atoms with Crippen molar-refractivity contribution in [3.8, 4) is 0 Å². The van der Waals surface area contributed by atoms with Gasteiger partial charge in [0.05, 0.1) is 5.57 Å². The normalized spacial score (nSPS) is 16.8. The Morgan fingerprint density at radius 1 is 0.719 bits per heavy atom. The lowest BCUT2D eigenvalue weighted by Crippen LogP contribution is -2.62. The summed E-state index contributed by atoms with van der Waals surface area (Å²) in [6.45, 7) is -0.389. The van der Waals surface area contributed by atoms with Gasteiger partial charge in [0.25, 0.3) is 0 Å². The highest BCUT2D eigenvalue weighted by atomic mass is 19.4. The molecular weight excluding hydrogens is 494 g/mol. The Morgan fingerprint density at radius 2 is 1.09 bits per heavy atom. The van der Waals surface area contributed by atoms with E-state index >= 15 is 0 Å². The van der Waals surface area contributed by atoms with Gasteiger partial charge in [-0.25, -0.2) is 13.6 Å². The number of esters is 1. The van der Waals surface area contributed by atoms with Gasteiger partial charge in [0, 0.05) is 5.57 Å². The molecule has 0 amide bonds. The molecule has 0 aliphatic heterocycles. The number of rotatable bonds is 7. The summed E-state index contributed by atoms with van der Waals surface area (Å²) in [5, 5.41) is 0. The van der Waals surface area contributed by atoms with Crippen LogP contribution in [0.5, 0.6) is 0 Å². The maximum Gasteiger partial charge on any atom is 0.449 e. The van der Waals surface area contributed by atoms with Crippen LogP contribution in [-0.4, -0.2) is 55.2 Å². The highest BCUT2D eigenvalue weighted by molar-refractivity contribution is 5.86. The van der Waals surface area contributed by atoms with Crippen LogP contribution in [0.1, 0.15) is 13.8 Å². The minimum atomic E-state index is -7.55. The van der Waals surface area contributed by atoms with Crippen LogP contribution in [0.2, 0.25) is 0 Å². The average molecular weight is 506 g/mol. The van der Waals surface area contributed by atoms with Crippen LogP contribution in [0.25, 0.3) is 0 Å². The lowest BCUT2D eigenvalue weighted by atomic mass is 9.81. The first-order valence-corrected chi connectivity index (χ1v) is 7.69. The number of carbonyl (C=O) groups excluding carboxylic acids is 1. The van der Waals surface area contributed by atoms with Crippen LogP contribution >= 0.6 is 0 Å². The Bertz CT molecular complexity index is 722. The summed E-state index contributed by atoms with van der Waals surface area (Å²) in [6, 6.07) is 0. The standard InChI is InChI=1S/C15H12F14O3/c1-6(2)9(30)32-5-4-31-8(12(18,19)20)7(10(3,16)13(21,22)23)11(17,14(24,25)26)15(27,28)29/h1,4-5H2,2-3H3/b8-7+. The first kappa shape index (κ1) is 29.8. The molecule has 17 heteroatoms. The minimum Gasteiger partial charge on any atom is -0.485 e. The molecule has 0 rings (SSSR count). The Kier molecular flexibility index (Phi) is 8.33. The van der Waals surface area contributed by atoms with Crippen molar-refractivity contribution in [2.24, 2.45) is 0 Å². The summed E-state index contributed by atoms with van der Waals surface area (Å²) in [5.41, 5.74) is -18.5. The predicted octanol–water partition coefficient (Wildman–Crippen LogP) is 6.06. The van der Waals surface area contributed by atoms with Crippen LogP contribution in [0.3, 0.4) is 0 Å². The van der Waals surface area contributed by atoms with Gasteiger partial charge in [0.1, 0.15) is 13.2 Å². The molecule has 0 aliphatic carbocycles. The second kappa shape index (κ2) is 8.96. The maximum absolute atomic E-state index is 14.3. The first-order chi connectivity index (χ1) is 13.8. The van der Waals surface area contributed by atoms with Crippen molar-refractivity contribution in [3.05, 3.63) is 23.5 Å². The van der Waals surface area contributed by atoms with Gasteiger partial charge in [-0.2, -0.15) is 52.7 Å². The van der Waals surface area contributed by atoms with Crippen molar-refractivity contribution >= 4 is 5.97 Å². The second-order valence-corrected chi connectivity index (χ2v) is 6.12. The van der Waals surface area contributed by atoms with E-state index in [1.807, 2.05) is 0 Å². The highest BCUT2D eigenvalue weighted by Gasteiger charge is 2.81. The van der Waals surface area contributed by atoms with E-state index in [1.54, 1.807) is 0 Å². The lowest BCUT2D eigenvalue weighted by molar-refractivity contribution is -0.338. The van der Waals surface area contributed by atoms with Crippen LogP contribution < -0.4 is 0 Å². The van der Waals surface area contributed by atoms with E-state index in [1.165, 1.54) is 0 Å². The van der Waals surface area contributed by atoms with Crippen molar-refractivity contribution in [2.75, 3.05) is 13.2 Å². The van der Waals surface area contributed by atoms with Crippen LogP contribution in [0.15, 0.2) is 23.5 Å². The molecule has 0 saturated heterocycles. The van der Waals surface area contributed by atoms with Crippen LogP contribution in [-0.2, 0) is 14.3 Å². The van der Waals surface area contributed by atoms with E-state index in [9.17, 15) is 66.3 Å². The number of carbonyl (C=O) groups is 1. The second-order valence-electron chi connectivity index (χ2n) is 6.12. The lowest BCUT2D eigenvalue weighted by Gasteiger charge is -2.39. The molecular formula is C15H12F14O3. The van der Waals surface area contributed by atoms with Crippen LogP contribution in [0, 0.1) is 0 Å². The van der Waals surface area contributed by atoms with Gasteiger partial charge in [-0.1, -0.05) is 6.58 Å². The van der Waals surface area contributed by atoms with Gasteiger partial charge in [-0.15, -0.1) is 0 Å². The summed E-state index contributed by atoms with van der Waals surface area (Å²) >= 11 is 0. The van der Waals surface area contributed by atoms with Gasteiger partial charge < -0.3 is 9.47 Å². The van der Waals surface area contributed by atoms with Crippen molar-refractivity contribution in [2.45, 2.75) is 49.9 Å². The molecule has 0 aromatic carbocycles. The van der Waals surface area contributed by atoms with Gasteiger partial charge in [-0.3, -0.25) is 0 Å². The molecule has 0 spiro atoms. The smallest absolute Gasteiger partial charge is 0.449 e. The molecule has 3 nitrogen and oxygen atoms in total. The van der Waals surface area contributed by atoms with E-state index in [0.29, 0.717) is 0 Å². The quantitative estimate of drug-likeness (QED) is 0.139. The zero-order valence-electron chi connectivity index (χ0n) is 15.6. The molecule has 188 valence electrons.